The number of amides is 1. The third-order valence-corrected chi connectivity index (χ3v) is 7.04. The van der Waals surface area contributed by atoms with Crippen molar-refractivity contribution in [3.63, 3.8) is 0 Å². The van der Waals surface area contributed by atoms with Gasteiger partial charge in [0.15, 0.2) is 11.1 Å². The highest BCUT2D eigenvalue weighted by atomic mass is 19.3. The van der Waals surface area contributed by atoms with Crippen molar-refractivity contribution in [3.8, 4) is 0 Å². The molecule has 2 atom stereocenters. The quantitative estimate of drug-likeness (QED) is 0.496. The molecule has 2 saturated carbocycles. The molecule has 0 bridgehead atoms. The molecule has 5 rings (SSSR count). The number of nitrogens with one attached hydrogen (secondary N) is 1. The van der Waals surface area contributed by atoms with Crippen LogP contribution in [0.1, 0.15) is 49.5 Å². The number of carbonyl (C=O) groups is 2. The Bertz CT molecular complexity index is 1040. The van der Waals surface area contributed by atoms with Crippen LogP contribution in [0.3, 0.4) is 0 Å². The van der Waals surface area contributed by atoms with E-state index in [9.17, 15) is 18.4 Å². The van der Waals surface area contributed by atoms with Gasteiger partial charge in [0, 0.05) is 12.8 Å². The Labute approximate surface area is 183 Å². The lowest BCUT2D eigenvalue weighted by molar-refractivity contribution is -0.172. The molecule has 2 aliphatic carbocycles. The number of halogens is 2. The Morgan fingerprint density at radius 3 is 2.62 bits per heavy atom. The van der Waals surface area contributed by atoms with Gasteiger partial charge in [-0.1, -0.05) is 0 Å². The van der Waals surface area contributed by atoms with E-state index in [4.69, 9.17) is 10.5 Å². The van der Waals surface area contributed by atoms with Gasteiger partial charge >= 0.3 is 5.97 Å². The van der Waals surface area contributed by atoms with Gasteiger partial charge < -0.3 is 15.8 Å². The summed E-state index contributed by atoms with van der Waals surface area (Å²) in [6, 6.07) is 3.12. The van der Waals surface area contributed by atoms with E-state index in [1.165, 1.54) is 25.7 Å². The molecule has 0 spiro atoms. The van der Waals surface area contributed by atoms with E-state index >= 15 is 0 Å². The molecule has 8 nitrogen and oxygen atoms in total. The Balaban J connectivity index is 1.44. The van der Waals surface area contributed by atoms with Gasteiger partial charge in [0.1, 0.15) is 0 Å². The molecule has 3 N–H and O–H groups in total. The summed E-state index contributed by atoms with van der Waals surface area (Å²) in [5.41, 5.74) is 6.20. The van der Waals surface area contributed by atoms with Crippen molar-refractivity contribution in [2.75, 3.05) is 13.7 Å². The van der Waals surface area contributed by atoms with Crippen LogP contribution in [-0.2, 0) is 20.7 Å². The van der Waals surface area contributed by atoms with Gasteiger partial charge in [-0.25, -0.2) is 18.3 Å². The minimum Gasteiger partial charge on any atom is -0.468 e. The minimum atomic E-state index is -3.22. The molecule has 1 unspecified atom stereocenters. The largest absolute Gasteiger partial charge is 0.468 e. The number of fused-ring (bicyclic) bond motifs is 1. The number of ether oxygens (including phenoxy) is 1. The van der Waals surface area contributed by atoms with Crippen molar-refractivity contribution in [2.24, 2.45) is 28.9 Å². The van der Waals surface area contributed by atoms with Crippen molar-refractivity contribution in [2.45, 2.75) is 50.5 Å². The van der Waals surface area contributed by atoms with E-state index in [2.05, 4.69) is 15.4 Å². The van der Waals surface area contributed by atoms with Crippen LogP contribution in [0.2, 0.25) is 0 Å². The summed E-state index contributed by atoms with van der Waals surface area (Å²) in [6.45, 7) is -0.803. The van der Waals surface area contributed by atoms with Crippen LogP contribution < -0.4 is 11.1 Å². The topological polar surface area (TPSA) is 112 Å². The molecule has 3 fully saturated rings. The van der Waals surface area contributed by atoms with Crippen molar-refractivity contribution in [1.82, 2.24) is 19.9 Å². The van der Waals surface area contributed by atoms with Crippen molar-refractivity contribution in [1.29, 1.82) is 0 Å². The van der Waals surface area contributed by atoms with E-state index in [-0.39, 0.29) is 12.5 Å². The van der Waals surface area contributed by atoms with Crippen LogP contribution in [0.25, 0.3) is 5.65 Å². The Morgan fingerprint density at radius 1 is 1.31 bits per heavy atom. The number of hydrogen-bond donors (Lipinski definition) is 2. The zero-order chi connectivity index (χ0) is 22.7. The Morgan fingerprint density at radius 2 is 2.00 bits per heavy atom. The smallest absolute Gasteiger partial charge is 0.322 e. The lowest BCUT2D eigenvalue weighted by atomic mass is 9.74. The summed E-state index contributed by atoms with van der Waals surface area (Å²) in [4.78, 5) is 29.7. The van der Waals surface area contributed by atoms with Gasteiger partial charge in [-0.3, -0.25) is 9.59 Å². The molecule has 32 heavy (non-hydrogen) atoms. The number of nitrogens with two attached hydrogens (primary N) is 1. The van der Waals surface area contributed by atoms with Crippen LogP contribution in [-0.4, -0.2) is 46.1 Å². The number of piperidine rings is 1. The summed E-state index contributed by atoms with van der Waals surface area (Å²) in [6.07, 6.45) is 5.40. The fourth-order valence-corrected chi connectivity index (χ4v) is 5.17. The van der Waals surface area contributed by atoms with E-state index in [1.807, 2.05) is 0 Å². The first-order valence-electron chi connectivity index (χ1n) is 11.1. The molecule has 1 aliphatic heterocycles. The molecule has 2 aromatic heterocycles. The second-order valence-electron chi connectivity index (χ2n) is 9.54. The molecular formula is C22H27F2N5O3. The molecule has 1 saturated heterocycles. The molecular weight excluding hydrogens is 420 g/mol. The second-order valence-corrected chi connectivity index (χ2v) is 9.54. The highest BCUT2D eigenvalue weighted by Gasteiger charge is 2.57. The molecule has 3 aliphatic rings. The van der Waals surface area contributed by atoms with Gasteiger partial charge in [-0.05, 0) is 55.6 Å². The molecule has 10 heteroatoms. The maximum atomic E-state index is 14.2. The van der Waals surface area contributed by atoms with Crippen LogP contribution in [0.15, 0.2) is 18.3 Å². The maximum Gasteiger partial charge on any atom is 0.322 e. The van der Waals surface area contributed by atoms with E-state index in [0.717, 1.165) is 12.8 Å². The first-order valence-corrected chi connectivity index (χ1v) is 11.1. The van der Waals surface area contributed by atoms with Crippen molar-refractivity contribution in [3.05, 3.63) is 29.7 Å². The Kier molecular flexibility index (Phi) is 4.96. The van der Waals surface area contributed by atoms with Gasteiger partial charge in [-0.2, -0.15) is 5.10 Å². The average molecular weight is 447 g/mol. The standard InChI is InChI=1S/C22H27F2N5O3/c1-32-20(31)21(10-22(23,24)11-26-19(21)30)8-14-6-7-16-27-15(9-29(16)28-14)18(25)17(12-2-3-12)13-4-5-13/h6-7,9,12-13,17-18H,2-5,8,10-11,25H2,1H3,(H,26,30)/t18-,21?/m1/s1. The van der Waals surface area contributed by atoms with Gasteiger partial charge in [0.2, 0.25) is 5.91 Å². The highest BCUT2D eigenvalue weighted by Crippen LogP contribution is 2.53. The maximum absolute atomic E-state index is 14.2. The number of carbonyl (C=O) groups excluding carboxylic acids is 2. The first-order chi connectivity index (χ1) is 15.2. The summed E-state index contributed by atoms with van der Waals surface area (Å²) in [5.74, 6) is -3.24. The van der Waals surface area contributed by atoms with Crippen molar-refractivity contribution >= 4 is 17.5 Å². The second kappa shape index (κ2) is 7.47. The summed E-state index contributed by atoms with van der Waals surface area (Å²) in [5, 5.41) is 6.61. The molecule has 3 heterocycles. The van der Waals surface area contributed by atoms with E-state index in [1.54, 1.807) is 22.8 Å². The molecule has 0 aromatic carbocycles. The van der Waals surface area contributed by atoms with E-state index in [0.29, 0.717) is 29.1 Å². The van der Waals surface area contributed by atoms with Crippen LogP contribution in [0, 0.1) is 23.2 Å². The Hall–Kier alpha value is -2.62. The molecule has 172 valence electrons. The third kappa shape index (κ3) is 3.74. The summed E-state index contributed by atoms with van der Waals surface area (Å²) >= 11 is 0. The minimum absolute atomic E-state index is 0.177. The molecule has 2 aromatic rings. The predicted molar refractivity (Wildman–Crippen MR) is 110 cm³/mol. The predicted octanol–water partition coefficient (Wildman–Crippen LogP) is 2.02. The number of hydrogen-bond acceptors (Lipinski definition) is 6. The summed E-state index contributed by atoms with van der Waals surface area (Å²) in [7, 11) is 1.08. The van der Waals surface area contributed by atoms with Crippen LogP contribution in [0.4, 0.5) is 8.78 Å². The molecule has 1 amide bonds. The molecule has 0 radical (unpaired) electrons. The fraction of sp³-hybridized carbons (Fsp3) is 0.636. The van der Waals surface area contributed by atoms with Gasteiger partial charge in [0.05, 0.1) is 37.3 Å². The van der Waals surface area contributed by atoms with Crippen molar-refractivity contribution < 1.29 is 23.1 Å². The van der Waals surface area contributed by atoms with Gasteiger partial charge in [0.25, 0.3) is 5.92 Å². The average Bonchev–Trinajstić information content (AvgIpc) is 3.69. The van der Waals surface area contributed by atoms with Crippen LogP contribution in [0.5, 0.6) is 0 Å². The number of alkyl halides is 2. The highest BCUT2D eigenvalue weighted by molar-refractivity contribution is 6.03. The fourth-order valence-electron chi connectivity index (χ4n) is 5.17. The normalized spacial score (nSPS) is 26.2. The lowest BCUT2D eigenvalue weighted by Crippen LogP contribution is -2.59. The number of aromatic nitrogens is 3. The first kappa shape index (κ1) is 21.2. The van der Waals surface area contributed by atoms with Gasteiger partial charge in [-0.15, -0.1) is 0 Å². The number of rotatable bonds is 7. The monoisotopic (exact) mass is 447 g/mol. The van der Waals surface area contributed by atoms with E-state index < -0.39 is 36.2 Å². The van der Waals surface area contributed by atoms with Crippen LogP contribution >= 0.6 is 0 Å². The number of imidazole rings is 1. The number of esters is 1. The SMILES string of the molecule is COC(=O)C1(Cc2ccc3nc([C@@H](N)C(C4CC4)C4CC4)cn3n2)CC(F)(F)CNC1=O. The number of nitrogens with zero attached hydrogens (tertiary/aromatic N) is 3. The zero-order valence-corrected chi connectivity index (χ0v) is 17.9. The zero-order valence-electron chi connectivity index (χ0n) is 17.9. The number of methoxy groups -OCH3 is 1. The summed E-state index contributed by atoms with van der Waals surface area (Å²) < 4.78 is 34.6. The lowest BCUT2D eigenvalue weighted by Gasteiger charge is -2.37. The third-order valence-electron chi connectivity index (χ3n) is 7.04.